The predicted molar refractivity (Wildman–Crippen MR) is 80.7 cm³/mol. The van der Waals surface area contributed by atoms with Gasteiger partial charge in [0.15, 0.2) is 0 Å². The second kappa shape index (κ2) is 7.44. The molecule has 1 N–H and O–H groups in total. The van der Waals surface area contributed by atoms with Gasteiger partial charge >= 0.3 is 5.97 Å². The Bertz CT molecular complexity index is 444. The quantitative estimate of drug-likeness (QED) is 0.811. The summed E-state index contributed by atoms with van der Waals surface area (Å²) >= 11 is 0. The van der Waals surface area contributed by atoms with Crippen LogP contribution in [0.25, 0.3) is 0 Å². The number of hydrogen-bond donors (Lipinski definition) is 1. The Labute approximate surface area is 121 Å². The summed E-state index contributed by atoms with van der Waals surface area (Å²) in [4.78, 5) is 12.0. The van der Waals surface area contributed by atoms with Crippen LogP contribution in [0.15, 0.2) is 24.3 Å². The van der Waals surface area contributed by atoms with E-state index < -0.39 is 0 Å². The number of rotatable bonds is 6. The van der Waals surface area contributed by atoms with Crippen molar-refractivity contribution in [2.24, 2.45) is 0 Å². The van der Waals surface area contributed by atoms with Crippen molar-refractivity contribution in [2.75, 3.05) is 6.61 Å². The van der Waals surface area contributed by atoms with Crippen molar-refractivity contribution in [3.8, 4) is 0 Å². The number of ether oxygens (including phenoxy) is 1. The van der Waals surface area contributed by atoms with Gasteiger partial charge in [0, 0.05) is 6.04 Å². The van der Waals surface area contributed by atoms with E-state index in [4.69, 9.17) is 4.74 Å². The maximum Gasteiger partial charge on any atom is 0.323 e. The van der Waals surface area contributed by atoms with Crippen LogP contribution in [-0.2, 0) is 22.4 Å². The van der Waals surface area contributed by atoms with Gasteiger partial charge in [0.1, 0.15) is 6.04 Å². The van der Waals surface area contributed by atoms with E-state index in [1.54, 1.807) is 0 Å². The molecule has 0 saturated carbocycles. The molecule has 1 aliphatic rings. The standard InChI is InChI=1S/C17H25NO2/c1-3-7-16(17(19)20-4-2)18-15-11-10-13-8-5-6-9-14(13)12-15/h5-6,8-9,15-16,18H,3-4,7,10-12H2,1-2H3. The molecule has 0 spiro atoms. The predicted octanol–water partition coefficient (Wildman–Crippen LogP) is 2.87. The molecule has 2 atom stereocenters. The fourth-order valence-electron chi connectivity index (χ4n) is 2.93. The number of aryl methyl sites for hydroxylation is 1. The molecule has 2 unspecified atom stereocenters. The Kier molecular flexibility index (Phi) is 5.60. The minimum absolute atomic E-state index is 0.104. The fourth-order valence-corrected chi connectivity index (χ4v) is 2.93. The third-order valence-electron chi connectivity index (χ3n) is 3.93. The minimum Gasteiger partial charge on any atom is -0.465 e. The zero-order valence-corrected chi connectivity index (χ0v) is 12.5. The lowest BCUT2D eigenvalue weighted by molar-refractivity contribution is -0.146. The normalized spacial score (nSPS) is 19.2. The van der Waals surface area contributed by atoms with Crippen LogP contribution in [0, 0.1) is 0 Å². The number of esters is 1. The van der Waals surface area contributed by atoms with Crippen LogP contribution in [0.2, 0.25) is 0 Å². The van der Waals surface area contributed by atoms with E-state index in [0.717, 1.165) is 32.1 Å². The lowest BCUT2D eigenvalue weighted by Gasteiger charge is -2.29. The Balaban J connectivity index is 1.96. The molecule has 1 aliphatic carbocycles. The first kappa shape index (κ1) is 15.0. The Morgan fingerprint density at radius 1 is 1.35 bits per heavy atom. The zero-order valence-electron chi connectivity index (χ0n) is 12.5. The highest BCUT2D eigenvalue weighted by Crippen LogP contribution is 2.21. The van der Waals surface area contributed by atoms with Crippen LogP contribution in [0.5, 0.6) is 0 Å². The summed E-state index contributed by atoms with van der Waals surface area (Å²) in [6.45, 7) is 4.41. The number of benzene rings is 1. The second-order valence-electron chi connectivity index (χ2n) is 5.47. The molecule has 0 aliphatic heterocycles. The van der Waals surface area contributed by atoms with Crippen molar-refractivity contribution < 1.29 is 9.53 Å². The summed E-state index contributed by atoms with van der Waals surface area (Å²) in [5, 5.41) is 3.51. The zero-order chi connectivity index (χ0) is 14.4. The number of carbonyl (C=O) groups excluding carboxylic acids is 1. The molecule has 3 nitrogen and oxygen atoms in total. The molecule has 0 radical (unpaired) electrons. The highest BCUT2D eigenvalue weighted by molar-refractivity contribution is 5.75. The molecule has 1 aromatic rings. The van der Waals surface area contributed by atoms with Crippen LogP contribution in [0.3, 0.4) is 0 Å². The molecule has 3 heteroatoms. The average molecular weight is 275 g/mol. The Morgan fingerprint density at radius 3 is 2.80 bits per heavy atom. The molecule has 0 amide bonds. The maximum absolute atomic E-state index is 12.0. The summed E-state index contributed by atoms with van der Waals surface area (Å²) in [7, 11) is 0. The van der Waals surface area contributed by atoms with Gasteiger partial charge < -0.3 is 10.1 Å². The number of nitrogens with one attached hydrogen (secondary N) is 1. The molecule has 2 rings (SSSR count). The number of hydrogen-bond acceptors (Lipinski definition) is 3. The van der Waals surface area contributed by atoms with E-state index in [1.165, 1.54) is 11.1 Å². The average Bonchev–Trinajstić information content (AvgIpc) is 2.47. The summed E-state index contributed by atoms with van der Waals surface area (Å²) in [5.41, 5.74) is 2.86. The van der Waals surface area contributed by atoms with Gasteiger partial charge in [0.25, 0.3) is 0 Å². The minimum atomic E-state index is -0.157. The fraction of sp³-hybridized carbons (Fsp3) is 0.588. The highest BCUT2D eigenvalue weighted by Gasteiger charge is 2.25. The van der Waals surface area contributed by atoms with Gasteiger partial charge in [-0.05, 0) is 43.7 Å². The van der Waals surface area contributed by atoms with Crippen molar-refractivity contribution in [1.82, 2.24) is 5.32 Å². The summed E-state index contributed by atoms with van der Waals surface area (Å²) in [6, 6.07) is 8.82. The van der Waals surface area contributed by atoms with Crippen molar-refractivity contribution in [3.05, 3.63) is 35.4 Å². The van der Waals surface area contributed by atoms with E-state index >= 15 is 0 Å². The van der Waals surface area contributed by atoms with Gasteiger partial charge in [-0.1, -0.05) is 37.6 Å². The van der Waals surface area contributed by atoms with Crippen molar-refractivity contribution in [2.45, 2.75) is 58.0 Å². The first-order valence-corrected chi connectivity index (χ1v) is 7.74. The summed E-state index contributed by atoms with van der Waals surface area (Å²) < 4.78 is 5.17. The lowest BCUT2D eigenvalue weighted by Crippen LogP contribution is -2.46. The first-order valence-electron chi connectivity index (χ1n) is 7.74. The SMILES string of the molecule is CCCC(NC1CCc2ccccc2C1)C(=O)OCC. The molecule has 0 heterocycles. The molecular formula is C17H25NO2. The van der Waals surface area contributed by atoms with Crippen molar-refractivity contribution >= 4 is 5.97 Å². The van der Waals surface area contributed by atoms with Crippen LogP contribution >= 0.6 is 0 Å². The molecule has 0 bridgehead atoms. The molecule has 0 aromatic heterocycles. The number of carbonyl (C=O) groups is 1. The van der Waals surface area contributed by atoms with E-state index in [1.807, 2.05) is 6.92 Å². The van der Waals surface area contributed by atoms with E-state index in [-0.39, 0.29) is 12.0 Å². The third kappa shape index (κ3) is 3.83. The topological polar surface area (TPSA) is 38.3 Å². The monoisotopic (exact) mass is 275 g/mol. The maximum atomic E-state index is 12.0. The first-order chi connectivity index (χ1) is 9.74. The van der Waals surface area contributed by atoms with E-state index in [2.05, 4.69) is 36.5 Å². The summed E-state index contributed by atoms with van der Waals surface area (Å²) in [5.74, 6) is -0.104. The van der Waals surface area contributed by atoms with Crippen LogP contribution in [0.4, 0.5) is 0 Å². The lowest BCUT2D eigenvalue weighted by atomic mass is 9.88. The highest BCUT2D eigenvalue weighted by atomic mass is 16.5. The van der Waals surface area contributed by atoms with Crippen molar-refractivity contribution in [1.29, 1.82) is 0 Å². The molecule has 0 fully saturated rings. The van der Waals surface area contributed by atoms with Gasteiger partial charge in [0.2, 0.25) is 0 Å². The van der Waals surface area contributed by atoms with Gasteiger partial charge in [-0.3, -0.25) is 4.79 Å². The third-order valence-corrected chi connectivity index (χ3v) is 3.93. The van der Waals surface area contributed by atoms with Gasteiger partial charge in [-0.2, -0.15) is 0 Å². The Morgan fingerprint density at radius 2 is 2.10 bits per heavy atom. The molecule has 1 aromatic carbocycles. The molecular weight excluding hydrogens is 250 g/mol. The number of fused-ring (bicyclic) bond motifs is 1. The van der Waals surface area contributed by atoms with Gasteiger partial charge in [0.05, 0.1) is 6.61 Å². The van der Waals surface area contributed by atoms with E-state index in [0.29, 0.717) is 12.6 Å². The smallest absolute Gasteiger partial charge is 0.323 e. The van der Waals surface area contributed by atoms with Crippen LogP contribution in [0.1, 0.15) is 44.2 Å². The summed E-state index contributed by atoms with van der Waals surface area (Å²) in [6.07, 6.45) is 5.03. The van der Waals surface area contributed by atoms with Crippen LogP contribution in [-0.4, -0.2) is 24.7 Å². The largest absolute Gasteiger partial charge is 0.465 e. The van der Waals surface area contributed by atoms with Crippen molar-refractivity contribution in [3.63, 3.8) is 0 Å². The molecule has 0 saturated heterocycles. The van der Waals surface area contributed by atoms with Gasteiger partial charge in [-0.25, -0.2) is 0 Å². The van der Waals surface area contributed by atoms with Gasteiger partial charge in [-0.15, -0.1) is 0 Å². The molecule has 20 heavy (non-hydrogen) atoms. The van der Waals surface area contributed by atoms with Crippen LogP contribution < -0.4 is 5.32 Å². The second-order valence-corrected chi connectivity index (χ2v) is 5.47. The molecule has 110 valence electrons. The Hall–Kier alpha value is -1.35. The van der Waals surface area contributed by atoms with E-state index in [9.17, 15) is 4.79 Å².